The standard InChI is InChI=1S/C18H20N6O2S/c1-11-23-24-18(27-11)8-20-16-6-17(22-10-21-16)26-9-12-5-14(12)15-4-3-13(25-2)7-19-15/h3-4,6-7,10,12,14H,5,8-9H2,1-2H3,(H,20,21,22). The molecule has 0 saturated heterocycles. The molecule has 2 unspecified atom stereocenters. The van der Waals surface area contributed by atoms with Gasteiger partial charge in [-0.1, -0.05) is 11.3 Å². The van der Waals surface area contributed by atoms with E-state index in [1.807, 2.05) is 19.1 Å². The van der Waals surface area contributed by atoms with E-state index in [-0.39, 0.29) is 0 Å². The first-order chi connectivity index (χ1) is 13.2. The van der Waals surface area contributed by atoms with Crippen LogP contribution in [0.3, 0.4) is 0 Å². The zero-order valence-corrected chi connectivity index (χ0v) is 15.9. The molecule has 8 nitrogen and oxygen atoms in total. The Morgan fingerprint density at radius 2 is 2.15 bits per heavy atom. The highest BCUT2D eigenvalue weighted by atomic mass is 32.1. The number of nitrogens with zero attached hydrogens (tertiary/aromatic N) is 5. The summed E-state index contributed by atoms with van der Waals surface area (Å²) in [5, 5.41) is 13.2. The first-order valence-corrected chi connectivity index (χ1v) is 9.50. The molecular formula is C18H20N6O2S. The van der Waals surface area contributed by atoms with Gasteiger partial charge in [0.15, 0.2) is 0 Å². The van der Waals surface area contributed by atoms with Crippen LogP contribution in [0, 0.1) is 12.8 Å². The topological polar surface area (TPSA) is 94.9 Å². The predicted octanol–water partition coefficient (Wildman–Crippen LogP) is 2.83. The lowest BCUT2D eigenvalue weighted by Gasteiger charge is -2.07. The molecule has 0 radical (unpaired) electrons. The van der Waals surface area contributed by atoms with Crippen LogP contribution in [0.4, 0.5) is 5.82 Å². The van der Waals surface area contributed by atoms with Gasteiger partial charge in [-0.15, -0.1) is 10.2 Å². The Bertz CT molecular complexity index is 901. The first-order valence-electron chi connectivity index (χ1n) is 8.69. The van der Waals surface area contributed by atoms with Gasteiger partial charge in [-0.2, -0.15) is 0 Å². The minimum atomic E-state index is 0.441. The first kappa shape index (κ1) is 17.6. The number of aromatic nitrogens is 5. The van der Waals surface area contributed by atoms with Gasteiger partial charge in [0.1, 0.15) is 27.9 Å². The lowest BCUT2D eigenvalue weighted by atomic mass is 10.2. The summed E-state index contributed by atoms with van der Waals surface area (Å²) in [6.45, 7) is 3.13. The molecule has 3 aromatic heterocycles. The van der Waals surface area contributed by atoms with Crippen LogP contribution in [0.5, 0.6) is 11.6 Å². The average molecular weight is 384 g/mol. The zero-order valence-electron chi connectivity index (χ0n) is 15.1. The molecule has 1 saturated carbocycles. The molecule has 2 atom stereocenters. The van der Waals surface area contributed by atoms with Crippen LogP contribution in [-0.2, 0) is 6.54 Å². The van der Waals surface area contributed by atoms with E-state index in [4.69, 9.17) is 9.47 Å². The third kappa shape index (κ3) is 4.48. The summed E-state index contributed by atoms with van der Waals surface area (Å²) in [5.41, 5.74) is 1.08. The molecule has 0 aliphatic heterocycles. The van der Waals surface area contributed by atoms with Crippen molar-refractivity contribution < 1.29 is 9.47 Å². The molecular weight excluding hydrogens is 364 g/mol. The SMILES string of the molecule is COc1ccc(C2CC2COc2cc(NCc3nnc(C)s3)ncn2)nc1. The quantitative estimate of drug-likeness (QED) is 0.633. The van der Waals surface area contributed by atoms with E-state index in [1.54, 1.807) is 30.7 Å². The van der Waals surface area contributed by atoms with Gasteiger partial charge in [0.2, 0.25) is 5.88 Å². The molecule has 0 amide bonds. The Hall–Kier alpha value is -2.81. The van der Waals surface area contributed by atoms with Crippen LogP contribution in [0.25, 0.3) is 0 Å². The summed E-state index contributed by atoms with van der Waals surface area (Å²) in [7, 11) is 1.64. The van der Waals surface area contributed by atoms with E-state index in [0.29, 0.717) is 36.7 Å². The molecule has 1 fully saturated rings. The summed E-state index contributed by atoms with van der Waals surface area (Å²) < 4.78 is 11.0. The maximum atomic E-state index is 5.85. The second-order valence-corrected chi connectivity index (χ2v) is 7.61. The number of rotatable bonds is 8. The number of ether oxygens (including phenoxy) is 2. The third-order valence-corrected chi connectivity index (χ3v) is 5.21. The molecule has 27 heavy (non-hydrogen) atoms. The van der Waals surface area contributed by atoms with Gasteiger partial charge in [-0.05, 0) is 25.5 Å². The Kier molecular flexibility index (Phi) is 5.10. The average Bonchev–Trinajstić information content (AvgIpc) is 3.37. The monoisotopic (exact) mass is 384 g/mol. The molecule has 140 valence electrons. The lowest BCUT2D eigenvalue weighted by molar-refractivity contribution is 0.285. The molecule has 1 N–H and O–H groups in total. The summed E-state index contributed by atoms with van der Waals surface area (Å²) in [5.74, 6) is 2.95. The minimum Gasteiger partial charge on any atom is -0.495 e. The van der Waals surface area contributed by atoms with Crippen molar-refractivity contribution in [3.05, 3.63) is 46.4 Å². The lowest BCUT2D eigenvalue weighted by Crippen LogP contribution is -2.05. The maximum Gasteiger partial charge on any atom is 0.218 e. The summed E-state index contributed by atoms with van der Waals surface area (Å²) >= 11 is 1.56. The van der Waals surface area contributed by atoms with Gasteiger partial charge in [0, 0.05) is 23.6 Å². The summed E-state index contributed by atoms with van der Waals surface area (Å²) in [4.78, 5) is 12.9. The second-order valence-electron chi connectivity index (χ2n) is 6.35. The smallest absolute Gasteiger partial charge is 0.218 e. The van der Waals surface area contributed by atoms with Gasteiger partial charge in [0.05, 0.1) is 26.5 Å². The Labute approximate surface area is 161 Å². The molecule has 3 aromatic rings. The molecule has 0 bridgehead atoms. The van der Waals surface area contributed by atoms with Crippen molar-refractivity contribution in [3.63, 3.8) is 0 Å². The number of methoxy groups -OCH3 is 1. The normalized spacial score (nSPS) is 18.1. The molecule has 4 rings (SSSR count). The highest BCUT2D eigenvalue weighted by Gasteiger charge is 2.40. The van der Waals surface area contributed by atoms with Crippen molar-refractivity contribution in [1.29, 1.82) is 0 Å². The molecule has 1 aliphatic rings. The highest BCUT2D eigenvalue weighted by Crippen LogP contribution is 2.46. The van der Waals surface area contributed by atoms with E-state index in [1.165, 1.54) is 6.33 Å². The Morgan fingerprint density at radius 1 is 1.22 bits per heavy atom. The van der Waals surface area contributed by atoms with E-state index >= 15 is 0 Å². The van der Waals surface area contributed by atoms with Crippen molar-refractivity contribution in [3.8, 4) is 11.6 Å². The largest absolute Gasteiger partial charge is 0.495 e. The predicted molar refractivity (Wildman–Crippen MR) is 101 cm³/mol. The Balaban J connectivity index is 1.27. The van der Waals surface area contributed by atoms with E-state index in [2.05, 4.69) is 30.5 Å². The fourth-order valence-electron chi connectivity index (χ4n) is 2.81. The van der Waals surface area contributed by atoms with Crippen molar-refractivity contribution in [1.82, 2.24) is 25.1 Å². The maximum absolute atomic E-state index is 5.85. The fraction of sp³-hybridized carbons (Fsp3) is 0.389. The van der Waals surface area contributed by atoms with E-state index in [0.717, 1.165) is 27.9 Å². The summed E-state index contributed by atoms with van der Waals surface area (Å²) in [6.07, 6.45) is 4.33. The molecule has 3 heterocycles. The third-order valence-electron chi connectivity index (χ3n) is 4.37. The van der Waals surface area contributed by atoms with Gasteiger partial charge in [-0.25, -0.2) is 9.97 Å². The Morgan fingerprint density at radius 3 is 2.89 bits per heavy atom. The van der Waals surface area contributed by atoms with Crippen molar-refractivity contribution >= 4 is 17.2 Å². The summed E-state index contributed by atoms with van der Waals surface area (Å²) in [6, 6.07) is 5.77. The number of anilines is 1. The van der Waals surface area contributed by atoms with Crippen LogP contribution in [0.1, 0.15) is 28.0 Å². The van der Waals surface area contributed by atoms with Gasteiger partial charge in [-0.3, -0.25) is 4.98 Å². The highest BCUT2D eigenvalue weighted by molar-refractivity contribution is 7.11. The number of hydrogen-bond acceptors (Lipinski definition) is 9. The number of hydrogen-bond donors (Lipinski definition) is 1. The molecule has 1 aliphatic carbocycles. The van der Waals surface area contributed by atoms with Crippen LogP contribution >= 0.6 is 11.3 Å². The molecule has 0 aromatic carbocycles. The van der Waals surface area contributed by atoms with E-state index < -0.39 is 0 Å². The zero-order chi connectivity index (χ0) is 18.6. The van der Waals surface area contributed by atoms with Crippen molar-refractivity contribution in [2.45, 2.75) is 25.8 Å². The van der Waals surface area contributed by atoms with Gasteiger partial charge < -0.3 is 14.8 Å². The van der Waals surface area contributed by atoms with Crippen LogP contribution in [0.2, 0.25) is 0 Å². The van der Waals surface area contributed by atoms with Crippen molar-refractivity contribution in [2.24, 2.45) is 5.92 Å². The van der Waals surface area contributed by atoms with Crippen LogP contribution < -0.4 is 14.8 Å². The van der Waals surface area contributed by atoms with Crippen molar-refractivity contribution in [2.75, 3.05) is 19.0 Å². The van der Waals surface area contributed by atoms with Crippen LogP contribution in [-0.4, -0.2) is 38.9 Å². The molecule has 0 spiro atoms. The second kappa shape index (κ2) is 7.83. The van der Waals surface area contributed by atoms with E-state index in [9.17, 15) is 0 Å². The fourth-order valence-corrected chi connectivity index (χ4v) is 3.46. The van der Waals surface area contributed by atoms with Gasteiger partial charge >= 0.3 is 0 Å². The minimum absolute atomic E-state index is 0.441. The number of aryl methyl sites for hydroxylation is 1. The number of nitrogens with one attached hydrogen (secondary N) is 1. The van der Waals surface area contributed by atoms with Gasteiger partial charge in [0.25, 0.3) is 0 Å². The molecule has 9 heteroatoms. The van der Waals surface area contributed by atoms with Crippen LogP contribution in [0.15, 0.2) is 30.7 Å². The number of pyridine rings is 1.